The molecule has 138 valence electrons. The molecule has 1 N–H and O–H groups in total. The Hall–Kier alpha value is -2.67. The van der Waals surface area contributed by atoms with E-state index in [9.17, 15) is 18.0 Å². The Morgan fingerprint density at radius 1 is 1.04 bits per heavy atom. The lowest BCUT2D eigenvalue weighted by Gasteiger charge is -2.25. The molecule has 0 fully saturated rings. The molecule has 1 unspecified atom stereocenters. The van der Waals surface area contributed by atoms with Crippen LogP contribution in [0.25, 0.3) is 0 Å². The van der Waals surface area contributed by atoms with Crippen molar-refractivity contribution in [3.05, 3.63) is 65.2 Å². The van der Waals surface area contributed by atoms with Gasteiger partial charge in [0, 0.05) is 13.3 Å². The first-order chi connectivity index (χ1) is 12.1. The van der Waals surface area contributed by atoms with Crippen molar-refractivity contribution in [1.82, 2.24) is 4.90 Å². The maximum atomic E-state index is 12.5. The van der Waals surface area contributed by atoms with Crippen LogP contribution in [-0.2, 0) is 21.1 Å². The molecular formula is C19H21NO5S. The van der Waals surface area contributed by atoms with Gasteiger partial charge < -0.3 is 10.0 Å². The summed E-state index contributed by atoms with van der Waals surface area (Å²) in [5.74, 6) is -1.13. The van der Waals surface area contributed by atoms with Crippen LogP contribution in [0.4, 0.5) is 0 Å². The van der Waals surface area contributed by atoms with E-state index >= 15 is 0 Å². The lowest BCUT2D eigenvalue weighted by atomic mass is 10.1. The number of benzene rings is 2. The standard InChI is InChI=1S/C19H21NO5S/c1-13(15-8-10-17(11-9-15)26(3,24)25)20(2)18(21)12-14-4-6-16(7-5-14)19(22)23/h4-11,13H,12H2,1-3H3,(H,22,23). The van der Waals surface area contributed by atoms with E-state index in [2.05, 4.69) is 0 Å². The average Bonchev–Trinajstić information content (AvgIpc) is 2.60. The number of likely N-dealkylation sites (N-methyl/N-ethyl adjacent to an activating group) is 1. The van der Waals surface area contributed by atoms with E-state index in [-0.39, 0.29) is 28.8 Å². The quantitative estimate of drug-likeness (QED) is 0.838. The summed E-state index contributed by atoms with van der Waals surface area (Å²) in [5.41, 5.74) is 1.73. The summed E-state index contributed by atoms with van der Waals surface area (Å²) in [6.45, 7) is 1.86. The molecule has 0 heterocycles. The van der Waals surface area contributed by atoms with Crippen LogP contribution in [0.2, 0.25) is 0 Å². The zero-order valence-corrected chi connectivity index (χ0v) is 15.7. The molecular weight excluding hydrogens is 354 g/mol. The monoisotopic (exact) mass is 375 g/mol. The lowest BCUT2D eigenvalue weighted by molar-refractivity contribution is -0.131. The van der Waals surface area contributed by atoms with Crippen molar-refractivity contribution < 1.29 is 23.1 Å². The largest absolute Gasteiger partial charge is 0.478 e. The molecule has 1 amide bonds. The fourth-order valence-corrected chi connectivity index (χ4v) is 3.13. The van der Waals surface area contributed by atoms with Crippen molar-refractivity contribution >= 4 is 21.7 Å². The van der Waals surface area contributed by atoms with Crippen LogP contribution in [0.5, 0.6) is 0 Å². The fraction of sp³-hybridized carbons (Fsp3) is 0.263. The summed E-state index contributed by atoms with van der Waals surface area (Å²) in [6, 6.07) is 12.4. The minimum Gasteiger partial charge on any atom is -0.478 e. The van der Waals surface area contributed by atoms with Crippen molar-refractivity contribution in [2.24, 2.45) is 0 Å². The Labute approximate surface area is 153 Å². The highest BCUT2D eigenvalue weighted by atomic mass is 32.2. The van der Waals surface area contributed by atoms with Gasteiger partial charge in [0.1, 0.15) is 0 Å². The molecule has 0 bridgehead atoms. The van der Waals surface area contributed by atoms with Crippen molar-refractivity contribution in [2.75, 3.05) is 13.3 Å². The third-order valence-electron chi connectivity index (χ3n) is 4.32. The zero-order valence-electron chi connectivity index (χ0n) is 14.8. The number of amides is 1. The van der Waals surface area contributed by atoms with Gasteiger partial charge in [-0.25, -0.2) is 13.2 Å². The maximum absolute atomic E-state index is 12.5. The summed E-state index contributed by atoms with van der Waals surface area (Å²) in [5, 5.41) is 8.90. The molecule has 0 aliphatic rings. The van der Waals surface area contributed by atoms with Crippen LogP contribution in [-0.4, -0.2) is 43.6 Å². The first kappa shape index (κ1) is 19.7. The van der Waals surface area contributed by atoms with Gasteiger partial charge in [0.15, 0.2) is 9.84 Å². The van der Waals surface area contributed by atoms with E-state index in [1.165, 1.54) is 24.3 Å². The van der Waals surface area contributed by atoms with Crippen LogP contribution in [0.3, 0.4) is 0 Å². The van der Waals surface area contributed by atoms with Crippen LogP contribution in [0.15, 0.2) is 53.4 Å². The normalized spacial score (nSPS) is 12.4. The Morgan fingerprint density at radius 3 is 2.04 bits per heavy atom. The Bertz CT molecular complexity index is 902. The van der Waals surface area contributed by atoms with Gasteiger partial charge in [-0.1, -0.05) is 24.3 Å². The summed E-state index contributed by atoms with van der Waals surface area (Å²) in [7, 11) is -1.57. The highest BCUT2D eigenvalue weighted by Crippen LogP contribution is 2.21. The van der Waals surface area contributed by atoms with E-state index in [0.29, 0.717) is 0 Å². The topological polar surface area (TPSA) is 91.8 Å². The second-order valence-electron chi connectivity index (χ2n) is 6.20. The summed E-state index contributed by atoms with van der Waals surface area (Å²) in [6.07, 6.45) is 1.30. The number of hydrogen-bond donors (Lipinski definition) is 1. The van der Waals surface area contributed by atoms with Gasteiger partial charge in [-0.15, -0.1) is 0 Å². The number of carboxylic acid groups (broad SMARTS) is 1. The molecule has 2 aromatic rings. The Kier molecular flexibility index (Phi) is 5.82. The second-order valence-corrected chi connectivity index (χ2v) is 8.22. The number of carbonyl (C=O) groups excluding carboxylic acids is 1. The molecule has 6 nitrogen and oxygen atoms in total. The highest BCUT2D eigenvalue weighted by Gasteiger charge is 2.18. The SMILES string of the molecule is CC(c1ccc(S(C)(=O)=O)cc1)N(C)C(=O)Cc1ccc(C(=O)O)cc1. The number of nitrogens with zero attached hydrogens (tertiary/aromatic N) is 1. The average molecular weight is 375 g/mol. The van der Waals surface area contributed by atoms with E-state index in [1.807, 2.05) is 6.92 Å². The van der Waals surface area contributed by atoms with Crippen LogP contribution < -0.4 is 0 Å². The number of carboxylic acids is 1. The van der Waals surface area contributed by atoms with Gasteiger partial charge in [-0.05, 0) is 42.3 Å². The van der Waals surface area contributed by atoms with Crippen LogP contribution >= 0.6 is 0 Å². The highest BCUT2D eigenvalue weighted by molar-refractivity contribution is 7.90. The smallest absolute Gasteiger partial charge is 0.335 e. The molecule has 0 aromatic heterocycles. The molecule has 2 rings (SSSR count). The van der Waals surface area contributed by atoms with Crippen LogP contribution in [0, 0.1) is 0 Å². The molecule has 1 atom stereocenters. The minimum absolute atomic E-state index is 0.118. The molecule has 0 saturated heterocycles. The molecule has 26 heavy (non-hydrogen) atoms. The van der Waals surface area contributed by atoms with E-state index in [4.69, 9.17) is 5.11 Å². The van der Waals surface area contributed by atoms with Gasteiger partial charge in [-0.3, -0.25) is 4.79 Å². The summed E-state index contributed by atoms with van der Waals surface area (Å²) < 4.78 is 23.0. The first-order valence-electron chi connectivity index (χ1n) is 7.97. The minimum atomic E-state index is -3.25. The van der Waals surface area contributed by atoms with Crippen molar-refractivity contribution in [3.8, 4) is 0 Å². The molecule has 0 radical (unpaired) electrons. The number of hydrogen-bond acceptors (Lipinski definition) is 4. The molecule has 0 spiro atoms. The molecule has 0 aliphatic carbocycles. The fourth-order valence-electron chi connectivity index (χ4n) is 2.50. The van der Waals surface area contributed by atoms with Crippen molar-refractivity contribution in [2.45, 2.75) is 24.3 Å². The predicted octanol–water partition coefficient (Wildman–Crippen LogP) is 2.55. The summed E-state index contributed by atoms with van der Waals surface area (Å²) >= 11 is 0. The molecule has 7 heteroatoms. The van der Waals surface area contributed by atoms with Gasteiger partial charge in [0.05, 0.1) is 22.9 Å². The van der Waals surface area contributed by atoms with Crippen molar-refractivity contribution in [1.29, 1.82) is 0 Å². The van der Waals surface area contributed by atoms with E-state index in [1.54, 1.807) is 36.2 Å². The number of rotatable bonds is 6. The Balaban J connectivity index is 2.08. The van der Waals surface area contributed by atoms with E-state index in [0.717, 1.165) is 17.4 Å². The predicted molar refractivity (Wildman–Crippen MR) is 97.8 cm³/mol. The molecule has 0 aliphatic heterocycles. The zero-order chi connectivity index (χ0) is 19.5. The van der Waals surface area contributed by atoms with Crippen LogP contribution in [0.1, 0.15) is 34.5 Å². The molecule has 2 aromatic carbocycles. The van der Waals surface area contributed by atoms with Crippen molar-refractivity contribution in [3.63, 3.8) is 0 Å². The molecule has 0 saturated carbocycles. The summed E-state index contributed by atoms with van der Waals surface area (Å²) in [4.78, 5) is 25.2. The number of sulfone groups is 1. The van der Waals surface area contributed by atoms with E-state index < -0.39 is 15.8 Å². The second kappa shape index (κ2) is 7.70. The van der Waals surface area contributed by atoms with Gasteiger partial charge in [0.2, 0.25) is 5.91 Å². The van der Waals surface area contributed by atoms with Gasteiger partial charge in [0.25, 0.3) is 0 Å². The third-order valence-corrected chi connectivity index (χ3v) is 5.45. The number of aromatic carboxylic acids is 1. The first-order valence-corrected chi connectivity index (χ1v) is 9.86. The number of carbonyl (C=O) groups is 2. The van der Waals surface area contributed by atoms with Gasteiger partial charge in [-0.2, -0.15) is 0 Å². The third kappa shape index (κ3) is 4.70. The lowest BCUT2D eigenvalue weighted by Crippen LogP contribution is -2.31. The Morgan fingerprint density at radius 2 is 1.58 bits per heavy atom. The maximum Gasteiger partial charge on any atom is 0.335 e. The van der Waals surface area contributed by atoms with Gasteiger partial charge >= 0.3 is 5.97 Å².